The van der Waals surface area contributed by atoms with Gasteiger partial charge in [-0.05, 0) is 18.2 Å². The third-order valence-corrected chi connectivity index (χ3v) is 4.54. The van der Waals surface area contributed by atoms with E-state index in [0.29, 0.717) is 31.2 Å². The minimum atomic E-state index is -0.923. The van der Waals surface area contributed by atoms with Crippen molar-refractivity contribution in [2.24, 2.45) is 0 Å². The van der Waals surface area contributed by atoms with Gasteiger partial charge in [-0.1, -0.05) is 11.6 Å². The van der Waals surface area contributed by atoms with E-state index in [1.54, 1.807) is 11.0 Å². The number of nitrogens with zero attached hydrogens (tertiary/aromatic N) is 2. The zero-order valence-corrected chi connectivity index (χ0v) is 13.4. The van der Waals surface area contributed by atoms with Crippen LogP contribution in [0.4, 0.5) is 10.1 Å². The molecule has 1 N–H and O–H groups in total. The van der Waals surface area contributed by atoms with E-state index in [2.05, 4.69) is 0 Å². The Kier molecular flexibility index (Phi) is 5.90. The van der Waals surface area contributed by atoms with E-state index in [-0.39, 0.29) is 23.2 Å². The van der Waals surface area contributed by atoms with Crippen LogP contribution in [-0.4, -0.2) is 59.6 Å². The van der Waals surface area contributed by atoms with E-state index in [4.69, 9.17) is 16.7 Å². The Hall–Kier alpha value is -1.47. The molecule has 2 rings (SSSR count). The van der Waals surface area contributed by atoms with Crippen molar-refractivity contribution in [2.75, 3.05) is 42.6 Å². The van der Waals surface area contributed by atoms with Crippen LogP contribution in [0.15, 0.2) is 18.2 Å². The molecule has 8 heteroatoms. The zero-order chi connectivity index (χ0) is 16.1. The number of anilines is 1. The van der Waals surface area contributed by atoms with Crippen LogP contribution in [0.1, 0.15) is 0 Å². The van der Waals surface area contributed by atoms with Crippen molar-refractivity contribution in [2.45, 2.75) is 0 Å². The molecule has 0 aromatic heterocycles. The molecule has 120 valence electrons. The number of piperazine rings is 1. The van der Waals surface area contributed by atoms with Gasteiger partial charge in [0.25, 0.3) is 0 Å². The molecule has 1 heterocycles. The van der Waals surface area contributed by atoms with Gasteiger partial charge < -0.3 is 14.9 Å². The molecule has 1 amide bonds. The summed E-state index contributed by atoms with van der Waals surface area (Å²) in [6.45, 7) is 2.31. The molecule has 0 unspecified atom stereocenters. The number of carbonyl (C=O) groups is 2. The lowest BCUT2D eigenvalue weighted by Crippen LogP contribution is -2.49. The lowest BCUT2D eigenvalue weighted by molar-refractivity contribution is -0.133. The molecule has 1 aromatic rings. The summed E-state index contributed by atoms with van der Waals surface area (Å²) in [7, 11) is 0. The van der Waals surface area contributed by atoms with Crippen LogP contribution in [0, 0.1) is 5.82 Å². The number of carboxylic acid groups (broad SMARTS) is 1. The predicted molar refractivity (Wildman–Crippen MR) is 85.2 cm³/mol. The maximum atomic E-state index is 13.1. The number of rotatable bonds is 5. The minimum Gasteiger partial charge on any atom is -0.481 e. The van der Waals surface area contributed by atoms with Gasteiger partial charge in [0.15, 0.2) is 0 Å². The minimum absolute atomic E-state index is 0.0592. The van der Waals surface area contributed by atoms with E-state index in [0.717, 1.165) is 17.4 Å². The first kappa shape index (κ1) is 16.9. The zero-order valence-electron chi connectivity index (χ0n) is 11.8. The predicted octanol–water partition coefficient (Wildman–Crippen LogP) is 1.95. The molecule has 1 aliphatic rings. The van der Waals surface area contributed by atoms with Crippen molar-refractivity contribution in [3.05, 3.63) is 29.0 Å². The molecule has 1 aliphatic heterocycles. The fourth-order valence-corrected chi connectivity index (χ4v) is 3.17. The summed E-state index contributed by atoms with van der Waals surface area (Å²) in [5.41, 5.74) is 0.760. The van der Waals surface area contributed by atoms with Gasteiger partial charge in [0.2, 0.25) is 5.91 Å². The second kappa shape index (κ2) is 7.69. The molecule has 0 aliphatic carbocycles. The third kappa shape index (κ3) is 4.51. The van der Waals surface area contributed by atoms with Crippen LogP contribution in [0.25, 0.3) is 0 Å². The average Bonchev–Trinajstić information content (AvgIpc) is 2.47. The van der Waals surface area contributed by atoms with Gasteiger partial charge in [0.05, 0.1) is 22.2 Å². The molecule has 0 atom stereocenters. The SMILES string of the molecule is O=C(O)CSCC(=O)N1CCN(c2ccc(F)cc2Cl)CC1. The standard InChI is InChI=1S/C14H16ClFN2O3S/c15-11-7-10(16)1-2-12(11)17-3-5-18(6-4-17)13(19)8-22-9-14(20)21/h1-2,7H,3-6,8-9H2,(H,20,21). The Morgan fingerprint density at radius 3 is 2.50 bits per heavy atom. The first-order valence-electron chi connectivity index (χ1n) is 6.74. The van der Waals surface area contributed by atoms with Crippen LogP contribution in [0.3, 0.4) is 0 Å². The van der Waals surface area contributed by atoms with Gasteiger partial charge in [0, 0.05) is 26.2 Å². The van der Waals surface area contributed by atoms with Gasteiger partial charge >= 0.3 is 5.97 Å². The Morgan fingerprint density at radius 2 is 1.91 bits per heavy atom. The quantitative estimate of drug-likeness (QED) is 0.883. The second-order valence-electron chi connectivity index (χ2n) is 4.85. The van der Waals surface area contributed by atoms with Crippen molar-refractivity contribution in [1.29, 1.82) is 0 Å². The first-order chi connectivity index (χ1) is 10.5. The molecule has 1 saturated heterocycles. The second-order valence-corrected chi connectivity index (χ2v) is 6.24. The maximum Gasteiger partial charge on any atom is 0.313 e. The molecule has 0 spiro atoms. The van der Waals surface area contributed by atoms with Gasteiger partial charge in [-0.2, -0.15) is 0 Å². The Labute approximate surface area is 137 Å². The lowest BCUT2D eigenvalue weighted by atomic mass is 10.2. The molecule has 0 radical (unpaired) electrons. The van der Waals surface area contributed by atoms with Gasteiger partial charge in [-0.15, -0.1) is 11.8 Å². The molecule has 0 bridgehead atoms. The number of carbonyl (C=O) groups excluding carboxylic acids is 1. The number of hydrogen-bond donors (Lipinski definition) is 1. The highest BCUT2D eigenvalue weighted by Crippen LogP contribution is 2.27. The molecular formula is C14H16ClFN2O3S. The normalized spacial score (nSPS) is 15.0. The van der Waals surface area contributed by atoms with Crippen molar-refractivity contribution in [3.8, 4) is 0 Å². The summed E-state index contributed by atoms with van der Waals surface area (Å²) in [6.07, 6.45) is 0. The van der Waals surface area contributed by atoms with Crippen molar-refractivity contribution in [3.63, 3.8) is 0 Å². The van der Waals surface area contributed by atoms with E-state index in [9.17, 15) is 14.0 Å². The topological polar surface area (TPSA) is 60.9 Å². The fourth-order valence-electron chi connectivity index (χ4n) is 2.25. The largest absolute Gasteiger partial charge is 0.481 e. The highest BCUT2D eigenvalue weighted by Gasteiger charge is 2.22. The number of benzene rings is 1. The number of carboxylic acids is 1. The molecule has 0 saturated carbocycles. The third-order valence-electron chi connectivity index (χ3n) is 3.33. The first-order valence-corrected chi connectivity index (χ1v) is 8.28. The highest BCUT2D eigenvalue weighted by atomic mass is 35.5. The van der Waals surface area contributed by atoms with E-state index in [1.165, 1.54) is 12.1 Å². The molecule has 1 aromatic carbocycles. The summed E-state index contributed by atoms with van der Waals surface area (Å²) in [5, 5.41) is 8.91. The van der Waals surface area contributed by atoms with Crippen molar-refractivity contribution < 1.29 is 19.1 Å². The van der Waals surface area contributed by atoms with E-state index >= 15 is 0 Å². The van der Waals surface area contributed by atoms with Crippen LogP contribution >= 0.6 is 23.4 Å². The average molecular weight is 347 g/mol. The smallest absolute Gasteiger partial charge is 0.313 e. The molecular weight excluding hydrogens is 331 g/mol. The van der Waals surface area contributed by atoms with Crippen LogP contribution in [0.2, 0.25) is 5.02 Å². The maximum absolute atomic E-state index is 13.1. The molecule has 1 fully saturated rings. The van der Waals surface area contributed by atoms with Gasteiger partial charge in [0.1, 0.15) is 5.82 Å². The number of thioether (sulfide) groups is 1. The molecule has 5 nitrogen and oxygen atoms in total. The number of amides is 1. The Balaban J connectivity index is 1.84. The fraction of sp³-hybridized carbons (Fsp3) is 0.429. The summed E-state index contributed by atoms with van der Waals surface area (Å²) in [4.78, 5) is 26.1. The van der Waals surface area contributed by atoms with Crippen LogP contribution in [-0.2, 0) is 9.59 Å². The van der Waals surface area contributed by atoms with Gasteiger partial charge in [-0.3, -0.25) is 9.59 Å². The van der Waals surface area contributed by atoms with Gasteiger partial charge in [-0.25, -0.2) is 4.39 Å². The van der Waals surface area contributed by atoms with Crippen molar-refractivity contribution in [1.82, 2.24) is 4.90 Å². The summed E-state index contributed by atoms with van der Waals surface area (Å²) < 4.78 is 13.1. The monoisotopic (exact) mass is 346 g/mol. The molecule has 22 heavy (non-hydrogen) atoms. The summed E-state index contributed by atoms with van der Waals surface area (Å²) in [5.74, 6) is -1.26. The summed E-state index contributed by atoms with van der Waals surface area (Å²) >= 11 is 7.14. The van der Waals surface area contributed by atoms with Crippen LogP contribution in [0.5, 0.6) is 0 Å². The van der Waals surface area contributed by atoms with Crippen molar-refractivity contribution >= 4 is 40.9 Å². The number of hydrogen-bond acceptors (Lipinski definition) is 4. The van der Waals surface area contributed by atoms with E-state index in [1.807, 2.05) is 4.90 Å². The number of aliphatic carboxylic acids is 1. The Morgan fingerprint density at radius 1 is 1.23 bits per heavy atom. The Bertz CT molecular complexity index is 565. The lowest BCUT2D eigenvalue weighted by Gasteiger charge is -2.36. The highest BCUT2D eigenvalue weighted by molar-refractivity contribution is 8.00. The number of halogens is 2. The summed E-state index contributed by atoms with van der Waals surface area (Å²) in [6, 6.07) is 4.27. The van der Waals surface area contributed by atoms with E-state index < -0.39 is 5.97 Å². The van der Waals surface area contributed by atoms with Crippen LogP contribution < -0.4 is 4.90 Å².